The number of nitro groups is 1. The van der Waals surface area contributed by atoms with Gasteiger partial charge in [-0.1, -0.05) is 72.8 Å². The van der Waals surface area contributed by atoms with Gasteiger partial charge in [0.05, 0.1) is 15.9 Å². The third-order valence-electron chi connectivity index (χ3n) is 7.43. The predicted octanol–water partition coefficient (Wildman–Crippen LogP) is 8.01. The Labute approximate surface area is 293 Å². The SMILES string of the molecule is Cc1ccc([N+](=O)[O-])cc1NC(=O)C(C)Sc1cccc(NC(=O)/C(=C\c2ccc(OCc3ccccc3)cc2)NC(=O)c2ccccc2)c1. The highest BCUT2D eigenvalue weighted by atomic mass is 32.2. The number of nitro benzene ring substituents is 1. The van der Waals surface area contributed by atoms with Crippen molar-refractivity contribution in [3.8, 4) is 5.75 Å². The Hall–Kier alpha value is -6.20. The molecule has 10 nitrogen and oxygen atoms in total. The van der Waals surface area contributed by atoms with Gasteiger partial charge in [0.25, 0.3) is 17.5 Å². The number of amides is 3. The minimum Gasteiger partial charge on any atom is -0.489 e. The number of benzene rings is 5. The van der Waals surface area contributed by atoms with Crippen molar-refractivity contribution < 1.29 is 24.0 Å². The van der Waals surface area contributed by atoms with Crippen LogP contribution in [0, 0.1) is 17.0 Å². The average molecular weight is 687 g/mol. The van der Waals surface area contributed by atoms with Gasteiger partial charge in [-0.15, -0.1) is 11.8 Å². The molecule has 3 amide bonds. The van der Waals surface area contributed by atoms with E-state index in [-0.39, 0.29) is 17.3 Å². The Bertz CT molecular complexity index is 2020. The second kappa shape index (κ2) is 16.8. The van der Waals surface area contributed by atoms with Gasteiger partial charge in [0, 0.05) is 28.3 Å². The summed E-state index contributed by atoms with van der Waals surface area (Å²) in [6.07, 6.45) is 1.58. The van der Waals surface area contributed by atoms with Crippen LogP contribution in [0.5, 0.6) is 5.75 Å². The van der Waals surface area contributed by atoms with Crippen LogP contribution in [0.15, 0.2) is 138 Å². The molecule has 0 radical (unpaired) electrons. The molecular weight excluding hydrogens is 653 g/mol. The van der Waals surface area contributed by atoms with Crippen molar-refractivity contribution in [2.75, 3.05) is 10.6 Å². The highest BCUT2D eigenvalue weighted by molar-refractivity contribution is 8.00. The van der Waals surface area contributed by atoms with Crippen LogP contribution in [0.25, 0.3) is 6.08 Å². The fourth-order valence-electron chi connectivity index (χ4n) is 4.71. The molecule has 0 aliphatic heterocycles. The van der Waals surface area contributed by atoms with E-state index >= 15 is 0 Å². The quantitative estimate of drug-likeness (QED) is 0.0493. The van der Waals surface area contributed by atoms with E-state index in [4.69, 9.17) is 4.74 Å². The van der Waals surface area contributed by atoms with Gasteiger partial charge in [-0.25, -0.2) is 0 Å². The fourth-order valence-corrected chi connectivity index (χ4v) is 5.63. The number of hydrogen-bond acceptors (Lipinski definition) is 7. The molecular formula is C39H34N4O6S. The molecule has 0 spiro atoms. The number of non-ortho nitro benzene ring substituents is 1. The zero-order chi connectivity index (χ0) is 35.5. The average Bonchev–Trinajstić information content (AvgIpc) is 3.12. The van der Waals surface area contributed by atoms with Gasteiger partial charge in [-0.2, -0.15) is 0 Å². The van der Waals surface area contributed by atoms with Crippen LogP contribution in [0.2, 0.25) is 0 Å². The maximum atomic E-state index is 13.6. The van der Waals surface area contributed by atoms with Crippen molar-refractivity contribution in [2.45, 2.75) is 30.6 Å². The number of nitrogens with zero attached hydrogens (tertiary/aromatic N) is 1. The first kappa shape index (κ1) is 35.1. The van der Waals surface area contributed by atoms with E-state index < -0.39 is 22.0 Å². The standard InChI is InChI=1S/C39H34N4O6S/c1-26-16-19-32(43(47)48)24-35(26)41-37(44)27(2)50-34-15-9-14-31(23-34)40-39(46)36(42-38(45)30-12-7-4-8-13-30)22-28-17-20-33(21-18-28)49-25-29-10-5-3-6-11-29/h3-24,27H,25H2,1-2H3,(H,40,46)(H,41,44)(H,42,45)/b36-22+. The molecule has 0 fully saturated rings. The van der Waals surface area contributed by atoms with Crippen molar-refractivity contribution in [3.05, 3.63) is 165 Å². The van der Waals surface area contributed by atoms with Crippen LogP contribution >= 0.6 is 11.8 Å². The molecule has 0 saturated heterocycles. The van der Waals surface area contributed by atoms with Gasteiger partial charge in [0.15, 0.2) is 0 Å². The summed E-state index contributed by atoms with van der Waals surface area (Å²) in [5, 5.41) is 19.0. The van der Waals surface area contributed by atoms with Crippen LogP contribution in [0.4, 0.5) is 17.1 Å². The van der Waals surface area contributed by atoms with Gasteiger partial charge in [-0.05, 0) is 79.1 Å². The molecule has 0 aromatic heterocycles. The van der Waals surface area contributed by atoms with Crippen LogP contribution in [-0.4, -0.2) is 27.9 Å². The number of ether oxygens (including phenoxy) is 1. The molecule has 0 aliphatic carbocycles. The molecule has 0 heterocycles. The first-order valence-corrected chi connectivity index (χ1v) is 16.5. The van der Waals surface area contributed by atoms with Crippen LogP contribution in [0.3, 0.4) is 0 Å². The zero-order valence-electron chi connectivity index (χ0n) is 27.3. The zero-order valence-corrected chi connectivity index (χ0v) is 28.1. The Balaban J connectivity index is 1.28. The van der Waals surface area contributed by atoms with E-state index in [0.29, 0.717) is 45.3 Å². The molecule has 5 aromatic carbocycles. The van der Waals surface area contributed by atoms with E-state index in [0.717, 1.165) is 5.56 Å². The summed E-state index contributed by atoms with van der Waals surface area (Å²) in [5.74, 6) is -0.674. The number of anilines is 2. The molecule has 1 atom stereocenters. The number of hydrogen-bond donors (Lipinski definition) is 3. The number of carbonyl (C=O) groups excluding carboxylic acids is 3. The van der Waals surface area contributed by atoms with Crippen molar-refractivity contribution in [1.82, 2.24) is 5.32 Å². The van der Waals surface area contributed by atoms with E-state index in [9.17, 15) is 24.5 Å². The number of carbonyl (C=O) groups is 3. The number of aryl methyl sites for hydroxylation is 1. The minimum absolute atomic E-state index is 0.0231. The van der Waals surface area contributed by atoms with Crippen LogP contribution in [-0.2, 0) is 16.2 Å². The van der Waals surface area contributed by atoms with Gasteiger partial charge < -0.3 is 20.7 Å². The number of thioether (sulfide) groups is 1. The Morgan fingerprint density at radius 2 is 1.54 bits per heavy atom. The molecule has 5 aromatic rings. The summed E-state index contributed by atoms with van der Waals surface area (Å²) >= 11 is 1.26. The molecule has 0 bridgehead atoms. The summed E-state index contributed by atoms with van der Waals surface area (Å²) in [6, 6.07) is 36.8. The van der Waals surface area contributed by atoms with Crippen molar-refractivity contribution in [2.24, 2.45) is 0 Å². The van der Waals surface area contributed by atoms with Crippen molar-refractivity contribution >= 4 is 52.6 Å². The second-order valence-electron chi connectivity index (χ2n) is 11.2. The Morgan fingerprint density at radius 3 is 2.24 bits per heavy atom. The third-order valence-corrected chi connectivity index (χ3v) is 8.53. The molecule has 3 N–H and O–H groups in total. The van der Waals surface area contributed by atoms with Crippen LogP contribution < -0.4 is 20.7 Å². The monoisotopic (exact) mass is 686 g/mol. The van der Waals surface area contributed by atoms with Crippen molar-refractivity contribution in [1.29, 1.82) is 0 Å². The van der Waals surface area contributed by atoms with Gasteiger partial charge >= 0.3 is 0 Å². The predicted molar refractivity (Wildman–Crippen MR) is 196 cm³/mol. The Kier molecular flexibility index (Phi) is 11.8. The second-order valence-corrected chi connectivity index (χ2v) is 12.6. The highest BCUT2D eigenvalue weighted by Gasteiger charge is 2.19. The minimum atomic E-state index is -0.570. The van der Waals surface area contributed by atoms with Gasteiger partial charge in [-0.3, -0.25) is 24.5 Å². The smallest absolute Gasteiger partial charge is 0.272 e. The lowest BCUT2D eigenvalue weighted by molar-refractivity contribution is -0.384. The molecule has 5 rings (SSSR count). The van der Waals surface area contributed by atoms with Crippen molar-refractivity contribution in [3.63, 3.8) is 0 Å². The number of nitrogens with one attached hydrogen (secondary N) is 3. The summed E-state index contributed by atoms with van der Waals surface area (Å²) in [4.78, 5) is 51.1. The first-order valence-electron chi connectivity index (χ1n) is 15.6. The summed E-state index contributed by atoms with van der Waals surface area (Å²) < 4.78 is 5.88. The number of rotatable bonds is 13. The largest absolute Gasteiger partial charge is 0.489 e. The molecule has 1 unspecified atom stereocenters. The summed E-state index contributed by atoms with van der Waals surface area (Å²) in [5.41, 5.74) is 3.51. The normalized spacial score (nSPS) is 11.6. The lowest BCUT2D eigenvalue weighted by Crippen LogP contribution is -2.30. The van der Waals surface area contributed by atoms with E-state index in [1.165, 1.54) is 23.9 Å². The topological polar surface area (TPSA) is 140 Å². The van der Waals surface area contributed by atoms with Gasteiger partial charge in [0.1, 0.15) is 18.1 Å². The lowest BCUT2D eigenvalue weighted by atomic mass is 10.1. The van der Waals surface area contributed by atoms with E-state index in [1.807, 2.05) is 30.3 Å². The first-order chi connectivity index (χ1) is 24.1. The Morgan fingerprint density at radius 1 is 0.840 bits per heavy atom. The van der Waals surface area contributed by atoms with Gasteiger partial charge in [0.2, 0.25) is 5.91 Å². The third kappa shape index (κ3) is 9.91. The molecule has 0 saturated carbocycles. The lowest BCUT2D eigenvalue weighted by Gasteiger charge is -2.15. The molecule has 11 heteroatoms. The fraction of sp³-hybridized carbons (Fsp3) is 0.103. The highest BCUT2D eigenvalue weighted by Crippen LogP contribution is 2.28. The molecule has 252 valence electrons. The molecule has 0 aliphatic rings. The summed E-state index contributed by atoms with van der Waals surface area (Å²) in [7, 11) is 0. The van der Waals surface area contributed by atoms with E-state index in [2.05, 4.69) is 16.0 Å². The summed E-state index contributed by atoms with van der Waals surface area (Å²) in [6.45, 7) is 3.88. The molecule has 50 heavy (non-hydrogen) atoms. The maximum absolute atomic E-state index is 13.6. The maximum Gasteiger partial charge on any atom is 0.272 e. The van der Waals surface area contributed by atoms with Crippen LogP contribution in [0.1, 0.15) is 34.0 Å². The van der Waals surface area contributed by atoms with E-state index in [1.54, 1.807) is 105 Å².